The van der Waals surface area contributed by atoms with Gasteiger partial charge in [-0.15, -0.1) is 0 Å². The highest BCUT2D eigenvalue weighted by Crippen LogP contribution is 2.30. The van der Waals surface area contributed by atoms with Crippen molar-refractivity contribution in [1.29, 1.82) is 0 Å². The molecule has 0 saturated heterocycles. The number of amides is 1. The molecule has 0 saturated carbocycles. The normalized spacial score (nSPS) is 12.2. The van der Waals surface area contributed by atoms with Gasteiger partial charge in [0.15, 0.2) is 0 Å². The Bertz CT molecular complexity index is 859. The van der Waals surface area contributed by atoms with Crippen molar-refractivity contribution in [2.45, 2.75) is 18.0 Å². The number of anilines is 1. The van der Waals surface area contributed by atoms with E-state index in [1.807, 2.05) is 0 Å². The molecule has 11 heteroatoms. The molecule has 1 aromatic carbocycles. The highest BCUT2D eigenvalue weighted by atomic mass is 32.2. The van der Waals surface area contributed by atoms with Gasteiger partial charge in [-0.1, -0.05) is 0 Å². The zero-order valence-corrected chi connectivity index (χ0v) is 12.4. The second-order valence-corrected chi connectivity index (χ2v) is 6.11. The number of rotatable bonds is 3. The SMILES string of the molecule is CC(=O)Nc1ccc(-n2cc(C(F)(F)F)cn2)c(S(N)(=O)=O)c1. The molecule has 1 amide bonds. The van der Waals surface area contributed by atoms with Crippen LogP contribution in [-0.4, -0.2) is 24.1 Å². The van der Waals surface area contributed by atoms with Gasteiger partial charge in [-0.05, 0) is 18.2 Å². The molecule has 1 aromatic heterocycles. The molecule has 0 aliphatic heterocycles. The fraction of sp³-hybridized carbons (Fsp3) is 0.167. The number of aromatic nitrogens is 2. The largest absolute Gasteiger partial charge is 0.419 e. The number of hydrogen-bond donors (Lipinski definition) is 2. The number of nitrogens with one attached hydrogen (secondary N) is 1. The summed E-state index contributed by atoms with van der Waals surface area (Å²) in [5.41, 5.74) is -1.07. The molecule has 0 radical (unpaired) electrons. The molecular weight excluding hydrogens is 337 g/mol. The molecule has 23 heavy (non-hydrogen) atoms. The molecule has 0 unspecified atom stereocenters. The Morgan fingerprint density at radius 3 is 2.48 bits per heavy atom. The Labute approximate surface area is 128 Å². The minimum Gasteiger partial charge on any atom is -0.326 e. The minimum absolute atomic E-state index is 0.133. The van der Waals surface area contributed by atoms with E-state index in [2.05, 4.69) is 10.4 Å². The maximum Gasteiger partial charge on any atom is 0.419 e. The third kappa shape index (κ3) is 3.87. The van der Waals surface area contributed by atoms with Gasteiger partial charge in [0.05, 0.1) is 17.4 Å². The molecule has 0 atom stereocenters. The fourth-order valence-corrected chi connectivity index (χ4v) is 2.56. The number of carbonyl (C=O) groups is 1. The summed E-state index contributed by atoms with van der Waals surface area (Å²) in [7, 11) is -4.26. The van der Waals surface area contributed by atoms with E-state index >= 15 is 0 Å². The third-order valence-electron chi connectivity index (χ3n) is 2.74. The number of nitrogens with zero attached hydrogens (tertiary/aromatic N) is 2. The Morgan fingerprint density at radius 2 is 2.00 bits per heavy atom. The molecule has 0 fully saturated rings. The van der Waals surface area contributed by atoms with Crippen molar-refractivity contribution >= 4 is 21.6 Å². The molecule has 0 bridgehead atoms. The number of primary sulfonamides is 1. The van der Waals surface area contributed by atoms with Gasteiger partial charge >= 0.3 is 6.18 Å². The predicted molar refractivity (Wildman–Crippen MR) is 74.2 cm³/mol. The average Bonchev–Trinajstić information content (AvgIpc) is 2.86. The maximum atomic E-state index is 12.6. The quantitative estimate of drug-likeness (QED) is 0.876. The van der Waals surface area contributed by atoms with Gasteiger partial charge in [-0.25, -0.2) is 18.2 Å². The van der Waals surface area contributed by atoms with Crippen LogP contribution in [0.1, 0.15) is 12.5 Å². The number of benzene rings is 1. The standard InChI is InChI=1S/C12H11F3N4O3S/c1-7(20)18-9-2-3-10(11(4-9)23(16,21)22)19-6-8(5-17-19)12(13,14)15/h2-6H,1H3,(H,18,20)(H2,16,21,22). The van der Waals surface area contributed by atoms with E-state index in [0.717, 1.165) is 10.7 Å². The third-order valence-corrected chi connectivity index (χ3v) is 3.68. The smallest absolute Gasteiger partial charge is 0.326 e. The lowest BCUT2D eigenvalue weighted by Crippen LogP contribution is -2.16. The van der Waals surface area contributed by atoms with Crippen LogP contribution in [0.4, 0.5) is 18.9 Å². The molecule has 124 valence electrons. The van der Waals surface area contributed by atoms with Gasteiger partial charge in [0.25, 0.3) is 0 Å². The van der Waals surface area contributed by atoms with Crippen LogP contribution < -0.4 is 10.5 Å². The monoisotopic (exact) mass is 348 g/mol. The molecule has 0 aliphatic carbocycles. The van der Waals surface area contributed by atoms with Crippen molar-refractivity contribution in [2.75, 3.05) is 5.32 Å². The van der Waals surface area contributed by atoms with E-state index < -0.39 is 32.6 Å². The van der Waals surface area contributed by atoms with Crippen LogP contribution in [-0.2, 0) is 21.0 Å². The number of nitrogens with two attached hydrogens (primary N) is 1. The molecule has 3 N–H and O–H groups in total. The summed E-state index contributed by atoms with van der Waals surface area (Å²) in [6.07, 6.45) is -3.41. The van der Waals surface area contributed by atoms with Crippen molar-refractivity contribution < 1.29 is 26.4 Å². The lowest BCUT2D eigenvalue weighted by molar-refractivity contribution is -0.137. The molecule has 0 spiro atoms. The minimum atomic E-state index is -4.61. The summed E-state index contributed by atoms with van der Waals surface area (Å²) in [4.78, 5) is 10.5. The van der Waals surface area contributed by atoms with Crippen LogP contribution in [0.2, 0.25) is 0 Å². The number of sulfonamides is 1. The second-order valence-electron chi connectivity index (χ2n) is 4.58. The van der Waals surface area contributed by atoms with Gasteiger partial charge in [0.1, 0.15) is 4.90 Å². The zero-order valence-electron chi connectivity index (χ0n) is 11.6. The maximum absolute atomic E-state index is 12.6. The van der Waals surface area contributed by atoms with Gasteiger partial charge in [-0.2, -0.15) is 18.3 Å². The van der Waals surface area contributed by atoms with E-state index in [1.54, 1.807) is 0 Å². The first-order chi connectivity index (χ1) is 10.5. The van der Waals surface area contributed by atoms with Crippen LogP contribution in [0, 0.1) is 0 Å². The Balaban J connectivity index is 2.58. The number of carbonyl (C=O) groups excluding carboxylic acids is 1. The van der Waals surface area contributed by atoms with Crippen LogP contribution in [0.15, 0.2) is 35.5 Å². The Morgan fingerprint density at radius 1 is 1.35 bits per heavy atom. The van der Waals surface area contributed by atoms with Crippen LogP contribution in [0.5, 0.6) is 0 Å². The van der Waals surface area contributed by atoms with E-state index in [9.17, 15) is 26.4 Å². The van der Waals surface area contributed by atoms with Crippen molar-refractivity contribution in [2.24, 2.45) is 5.14 Å². The van der Waals surface area contributed by atoms with Crippen LogP contribution in [0.3, 0.4) is 0 Å². The molecule has 7 nitrogen and oxygen atoms in total. The van der Waals surface area contributed by atoms with E-state index in [0.29, 0.717) is 12.4 Å². The van der Waals surface area contributed by atoms with E-state index in [-0.39, 0.29) is 11.4 Å². The predicted octanol–water partition coefficient (Wildman–Crippen LogP) is 1.50. The number of hydrogen-bond acceptors (Lipinski definition) is 4. The van der Waals surface area contributed by atoms with Gasteiger partial charge in [-0.3, -0.25) is 4.79 Å². The lowest BCUT2D eigenvalue weighted by atomic mass is 10.2. The Kier molecular flexibility index (Phi) is 4.18. The first-order valence-corrected chi connectivity index (χ1v) is 7.60. The first-order valence-electron chi connectivity index (χ1n) is 6.05. The van der Waals surface area contributed by atoms with Gasteiger partial charge in [0, 0.05) is 18.8 Å². The van der Waals surface area contributed by atoms with Gasteiger partial charge in [0.2, 0.25) is 15.9 Å². The summed E-state index contributed by atoms with van der Waals surface area (Å²) in [5.74, 6) is -0.448. The summed E-state index contributed by atoms with van der Waals surface area (Å²) in [6, 6.07) is 3.56. The highest BCUT2D eigenvalue weighted by molar-refractivity contribution is 7.89. The van der Waals surface area contributed by atoms with Crippen LogP contribution >= 0.6 is 0 Å². The topological polar surface area (TPSA) is 107 Å². The van der Waals surface area contributed by atoms with Gasteiger partial charge < -0.3 is 5.32 Å². The summed E-state index contributed by atoms with van der Waals surface area (Å²) in [5, 5.41) is 10.9. The van der Waals surface area contributed by atoms with Crippen molar-refractivity contribution in [3.63, 3.8) is 0 Å². The second kappa shape index (κ2) is 5.66. The highest BCUT2D eigenvalue weighted by Gasteiger charge is 2.32. The molecule has 1 heterocycles. The first kappa shape index (κ1) is 17.0. The van der Waals surface area contributed by atoms with Crippen molar-refractivity contribution in [3.05, 3.63) is 36.2 Å². The lowest BCUT2D eigenvalue weighted by Gasteiger charge is -2.10. The molecule has 2 aromatic rings. The van der Waals surface area contributed by atoms with Crippen LogP contribution in [0.25, 0.3) is 5.69 Å². The van der Waals surface area contributed by atoms with Crippen molar-refractivity contribution in [3.8, 4) is 5.69 Å². The van der Waals surface area contributed by atoms with Crippen molar-refractivity contribution in [1.82, 2.24) is 9.78 Å². The van der Waals surface area contributed by atoms with E-state index in [4.69, 9.17) is 5.14 Å². The van der Waals surface area contributed by atoms with E-state index in [1.165, 1.54) is 19.1 Å². The fourth-order valence-electron chi connectivity index (χ4n) is 1.81. The Hall–Kier alpha value is -2.40. The average molecular weight is 348 g/mol. The number of alkyl halides is 3. The molecule has 0 aliphatic rings. The molecular formula is C12H11F3N4O3S. The molecule has 2 rings (SSSR count). The summed E-state index contributed by atoms with van der Waals surface area (Å²) < 4.78 is 61.9. The zero-order chi connectivity index (χ0) is 17.4. The summed E-state index contributed by atoms with van der Waals surface area (Å²) >= 11 is 0. The number of halogens is 3. The summed E-state index contributed by atoms with van der Waals surface area (Å²) in [6.45, 7) is 1.22.